The third-order valence-electron chi connectivity index (χ3n) is 4.53. The zero-order valence-corrected chi connectivity index (χ0v) is 14.5. The van der Waals surface area contributed by atoms with E-state index in [0.29, 0.717) is 37.4 Å². The zero-order valence-electron chi connectivity index (χ0n) is 13.7. The molecule has 1 amide bonds. The Labute approximate surface area is 146 Å². The molecular weight excluding hydrogens is 326 g/mol. The average Bonchev–Trinajstić information content (AvgIpc) is 3.13. The molecule has 2 aromatic rings. The van der Waals surface area contributed by atoms with Gasteiger partial charge in [-0.05, 0) is 43.5 Å². The molecule has 2 atom stereocenters. The molecule has 0 bridgehead atoms. The van der Waals surface area contributed by atoms with Crippen LogP contribution >= 0.6 is 11.6 Å². The second-order valence-electron chi connectivity index (χ2n) is 6.50. The third kappa shape index (κ3) is 4.16. The van der Waals surface area contributed by atoms with E-state index in [2.05, 4.69) is 10.2 Å². The molecule has 1 aliphatic heterocycles. The van der Waals surface area contributed by atoms with Crippen molar-refractivity contribution in [3.05, 3.63) is 52.3 Å². The minimum Gasteiger partial charge on any atom is -0.391 e. The summed E-state index contributed by atoms with van der Waals surface area (Å²) in [6.45, 7) is 2.95. The van der Waals surface area contributed by atoms with Crippen molar-refractivity contribution < 1.29 is 9.90 Å². The molecule has 1 aromatic heterocycles. The van der Waals surface area contributed by atoms with E-state index in [-0.39, 0.29) is 11.8 Å². The average molecular weight is 348 g/mol. The Balaban J connectivity index is 1.51. The molecule has 1 saturated heterocycles. The first kappa shape index (κ1) is 17.0. The van der Waals surface area contributed by atoms with Crippen molar-refractivity contribution in [2.45, 2.75) is 32.3 Å². The maximum atomic E-state index is 12.4. The number of hydrogen-bond acceptors (Lipinski definition) is 3. The SMILES string of the molecule is Cc1cc(C[C@@H]2CN(C(=O)CCc3ccc(Cl)cc3)C[C@@H]2O)n[nH]1. The second kappa shape index (κ2) is 7.36. The summed E-state index contributed by atoms with van der Waals surface area (Å²) in [5.74, 6) is 0.136. The van der Waals surface area contributed by atoms with Crippen LogP contribution in [0.1, 0.15) is 23.4 Å². The Morgan fingerprint density at radius 2 is 2.12 bits per heavy atom. The summed E-state index contributed by atoms with van der Waals surface area (Å²) in [6, 6.07) is 9.54. The summed E-state index contributed by atoms with van der Waals surface area (Å²) in [6.07, 6.45) is 1.34. The number of likely N-dealkylation sites (tertiary alicyclic amines) is 1. The van der Waals surface area contributed by atoms with Gasteiger partial charge in [0.2, 0.25) is 5.91 Å². The number of nitrogens with one attached hydrogen (secondary N) is 1. The quantitative estimate of drug-likeness (QED) is 0.872. The van der Waals surface area contributed by atoms with Gasteiger partial charge in [0.1, 0.15) is 0 Å². The standard InChI is InChI=1S/C18H22ClN3O2/c1-12-8-16(21-20-12)9-14-10-22(11-17(14)23)18(24)7-4-13-2-5-15(19)6-3-13/h2-3,5-6,8,14,17,23H,4,7,9-11H2,1H3,(H,20,21)/t14-,17+/m1/s1. The molecule has 1 fully saturated rings. The molecule has 5 nitrogen and oxygen atoms in total. The highest BCUT2D eigenvalue weighted by atomic mass is 35.5. The predicted molar refractivity (Wildman–Crippen MR) is 92.9 cm³/mol. The second-order valence-corrected chi connectivity index (χ2v) is 6.94. The molecule has 0 unspecified atom stereocenters. The highest BCUT2D eigenvalue weighted by Gasteiger charge is 2.34. The first-order chi connectivity index (χ1) is 11.5. The molecule has 3 rings (SSSR count). The predicted octanol–water partition coefficient (Wildman–Crippen LogP) is 2.37. The lowest BCUT2D eigenvalue weighted by Gasteiger charge is -2.16. The molecule has 2 heterocycles. The Morgan fingerprint density at radius 1 is 1.38 bits per heavy atom. The van der Waals surface area contributed by atoms with Crippen LogP contribution in [0.4, 0.5) is 0 Å². The van der Waals surface area contributed by atoms with Crippen LogP contribution in [0.2, 0.25) is 5.02 Å². The van der Waals surface area contributed by atoms with Gasteiger partial charge in [-0.15, -0.1) is 0 Å². The Morgan fingerprint density at radius 3 is 2.79 bits per heavy atom. The molecule has 6 heteroatoms. The number of carbonyl (C=O) groups is 1. The number of benzene rings is 1. The highest BCUT2D eigenvalue weighted by molar-refractivity contribution is 6.30. The number of hydrogen-bond donors (Lipinski definition) is 2. The number of H-pyrrole nitrogens is 1. The number of amides is 1. The first-order valence-corrected chi connectivity index (χ1v) is 8.60. The van der Waals surface area contributed by atoms with E-state index >= 15 is 0 Å². The summed E-state index contributed by atoms with van der Waals surface area (Å²) in [4.78, 5) is 14.2. The number of nitrogens with zero attached hydrogens (tertiary/aromatic N) is 2. The number of carbonyl (C=O) groups excluding carboxylic acids is 1. The van der Waals surface area contributed by atoms with Gasteiger partial charge in [-0.2, -0.15) is 5.10 Å². The number of aromatic amines is 1. The number of halogens is 1. The van der Waals surface area contributed by atoms with E-state index in [1.54, 1.807) is 4.90 Å². The molecular formula is C18H22ClN3O2. The summed E-state index contributed by atoms with van der Waals surface area (Å²) >= 11 is 5.87. The van der Waals surface area contributed by atoms with Crippen LogP contribution in [0.15, 0.2) is 30.3 Å². The van der Waals surface area contributed by atoms with Crippen LogP contribution in [0.5, 0.6) is 0 Å². The fourth-order valence-electron chi connectivity index (χ4n) is 3.17. The van der Waals surface area contributed by atoms with E-state index < -0.39 is 6.10 Å². The summed E-state index contributed by atoms with van der Waals surface area (Å²) in [5, 5.41) is 18.1. The molecule has 128 valence electrons. The highest BCUT2D eigenvalue weighted by Crippen LogP contribution is 2.22. The van der Waals surface area contributed by atoms with Gasteiger partial charge in [-0.25, -0.2) is 0 Å². The van der Waals surface area contributed by atoms with Gasteiger partial charge in [0, 0.05) is 36.1 Å². The van der Waals surface area contributed by atoms with E-state index in [4.69, 9.17) is 11.6 Å². The van der Waals surface area contributed by atoms with Crippen molar-refractivity contribution in [3.8, 4) is 0 Å². The summed E-state index contributed by atoms with van der Waals surface area (Å²) < 4.78 is 0. The van der Waals surface area contributed by atoms with Crippen molar-refractivity contribution in [1.82, 2.24) is 15.1 Å². The molecule has 0 radical (unpaired) electrons. The zero-order chi connectivity index (χ0) is 17.1. The van der Waals surface area contributed by atoms with E-state index in [9.17, 15) is 9.90 Å². The number of aliphatic hydroxyl groups is 1. The van der Waals surface area contributed by atoms with E-state index in [1.807, 2.05) is 37.3 Å². The Kier molecular flexibility index (Phi) is 5.21. The topological polar surface area (TPSA) is 69.2 Å². The normalized spacial score (nSPS) is 20.5. The third-order valence-corrected chi connectivity index (χ3v) is 4.78. The number of aliphatic hydroxyl groups excluding tert-OH is 1. The van der Waals surface area contributed by atoms with Gasteiger partial charge in [0.15, 0.2) is 0 Å². The van der Waals surface area contributed by atoms with Crippen molar-refractivity contribution >= 4 is 17.5 Å². The fourth-order valence-corrected chi connectivity index (χ4v) is 3.29. The molecule has 2 N–H and O–H groups in total. The number of rotatable bonds is 5. The Hall–Kier alpha value is -1.85. The number of β-amino-alcohol motifs (C(OH)–C–C–N with tert-alkyl or cyclic N) is 1. The van der Waals surface area contributed by atoms with Gasteiger partial charge in [0.05, 0.1) is 11.8 Å². The van der Waals surface area contributed by atoms with Crippen LogP contribution in [-0.2, 0) is 17.6 Å². The molecule has 0 spiro atoms. The van der Waals surface area contributed by atoms with Gasteiger partial charge in [-0.1, -0.05) is 23.7 Å². The smallest absolute Gasteiger partial charge is 0.223 e. The lowest BCUT2D eigenvalue weighted by atomic mass is 10.0. The molecule has 0 saturated carbocycles. The van der Waals surface area contributed by atoms with Crippen molar-refractivity contribution in [2.24, 2.45) is 5.92 Å². The van der Waals surface area contributed by atoms with Gasteiger partial charge in [0.25, 0.3) is 0 Å². The number of aryl methyl sites for hydroxylation is 2. The van der Waals surface area contributed by atoms with Crippen LogP contribution in [0.3, 0.4) is 0 Å². The van der Waals surface area contributed by atoms with E-state index in [0.717, 1.165) is 17.0 Å². The van der Waals surface area contributed by atoms with Gasteiger partial charge >= 0.3 is 0 Å². The van der Waals surface area contributed by atoms with Crippen molar-refractivity contribution in [1.29, 1.82) is 0 Å². The van der Waals surface area contributed by atoms with Crippen LogP contribution < -0.4 is 0 Å². The number of aromatic nitrogens is 2. The minimum absolute atomic E-state index is 0.0483. The maximum absolute atomic E-state index is 12.4. The monoisotopic (exact) mass is 347 g/mol. The first-order valence-electron chi connectivity index (χ1n) is 8.22. The van der Waals surface area contributed by atoms with Crippen LogP contribution in [0.25, 0.3) is 0 Å². The van der Waals surface area contributed by atoms with Crippen LogP contribution in [-0.4, -0.2) is 45.3 Å². The summed E-state index contributed by atoms with van der Waals surface area (Å²) in [7, 11) is 0. The maximum Gasteiger partial charge on any atom is 0.223 e. The minimum atomic E-state index is -0.485. The lowest BCUT2D eigenvalue weighted by Crippen LogP contribution is -2.29. The van der Waals surface area contributed by atoms with Crippen molar-refractivity contribution in [2.75, 3.05) is 13.1 Å². The molecule has 1 aromatic carbocycles. The van der Waals surface area contributed by atoms with Crippen LogP contribution in [0, 0.1) is 12.8 Å². The van der Waals surface area contributed by atoms with Crippen molar-refractivity contribution in [3.63, 3.8) is 0 Å². The Bertz CT molecular complexity index is 699. The van der Waals surface area contributed by atoms with E-state index in [1.165, 1.54) is 0 Å². The largest absolute Gasteiger partial charge is 0.391 e. The fraction of sp³-hybridized carbons (Fsp3) is 0.444. The van der Waals surface area contributed by atoms with Gasteiger partial charge in [-0.3, -0.25) is 9.89 Å². The van der Waals surface area contributed by atoms with Gasteiger partial charge < -0.3 is 10.0 Å². The molecule has 1 aliphatic rings. The molecule has 0 aliphatic carbocycles. The summed E-state index contributed by atoms with van der Waals surface area (Å²) in [5.41, 5.74) is 3.04. The lowest BCUT2D eigenvalue weighted by molar-refractivity contribution is -0.130. The molecule has 24 heavy (non-hydrogen) atoms.